The van der Waals surface area contributed by atoms with E-state index in [4.69, 9.17) is 4.74 Å². The molecule has 1 aliphatic heterocycles. The Hall–Kier alpha value is -1.55. The summed E-state index contributed by atoms with van der Waals surface area (Å²) in [5.74, 6) is 0.0325. The van der Waals surface area contributed by atoms with Crippen molar-refractivity contribution in [2.24, 2.45) is 0 Å². The maximum Gasteiger partial charge on any atom is 0.224 e. The molecule has 0 spiro atoms. The molecule has 1 amide bonds. The van der Waals surface area contributed by atoms with Crippen molar-refractivity contribution >= 4 is 17.3 Å². The Morgan fingerprint density at radius 2 is 2.16 bits per heavy atom. The Morgan fingerprint density at radius 3 is 2.84 bits per heavy atom. The van der Waals surface area contributed by atoms with Gasteiger partial charge in [0.05, 0.1) is 12.2 Å². The first-order valence-corrected chi connectivity index (χ1v) is 6.96. The van der Waals surface area contributed by atoms with Crippen LogP contribution in [0.3, 0.4) is 0 Å². The second kappa shape index (κ2) is 6.57. The molecule has 1 aromatic rings. The smallest absolute Gasteiger partial charge is 0.224 e. The predicted molar refractivity (Wildman–Crippen MR) is 77.4 cm³/mol. The Balaban J connectivity index is 1.86. The molecule has 2 atom stereocenters. The lowest BCUT2D eigenvalue weighted by Gasteiger charge is -2.14. The summed E-state index contributed by atoms with van der Waals surface area (Å²) in [6.45, 7) is 4.77. The van der Waals surface area contributed by atoms with Gasteiger partial charge in [-0.25, -0.2) is 0 Å². The fraction of sp³-hybridized carbons (Fsp3) is 0.533. The molecule has 4 nitrogen and oxygen atoms in total. The van der Waals surface area contributed by atoms with Gasteiger partial charge in [0.1, 0.15) is 0 Å². The van der Waals surface area contributed by atoms with Crippen LogP contribution in [0.5, 0.6) is 0 Å². The molecule has 2 rings (SSSR count). The lowest BCUT2D eigenvalue weighted by atomic mass is 10.2. The van der Waals surface area contributed by atoms with Crippen LogP contribution in [0.2, 0.25) is 0 Å². The second-order valence-electron chi connectivity index (χ2n) is 5.01. The number of ether oxygens (including phenoxy) is 1. The molecule has 1 heterocycles. The van der Waals surface area contributed by atoms with E-state index in [-0.39, 0.29) is 5.91 Å². The van der Waals surface area contributed by atoms with Crippen LogP contribution in [0, 0.1) is 0 Å². The van der Waals surface area contributed by atoms with E-state index >= 15 is 0 Å². The van der Waals surface area contributed by atoms with Gasteiger partial charge in [0.15, 0.2) is 0 Å². The molecule has 1 saturated heterocycles. The Morgan fingerprint density at radius 1 is 1.37 bits per heavy atom. The van der Waals surface area contributed by atoms with Crippen LogP contribution in [-0.2, 0) is 9.53 Å². The van der Waals surface area contributed by atoms with Crippen molar-refractivity contribution < 1.29 is 9.53 Å². The van der Waals surface area contributed by atoms with Gasteiger partial charge in [-0.1, -0.05) is 13.0 Å². The van der Waals surface area contributed by atoms with Crippen LogP contribution in [0.25, 0.3) is 0 Å². The zero-order chi connectivity index (χ0) is 13.7. The molecule has 2 unspecified atom stereocenters. The quantitative estimate of drug-likeness (QED) is 0.857. The highest BCUT2D eigenvalue weighted by Gasteiger charge is 2.21. The van der Waals surface area contributed by atoms with Crippen molar-refractivity contribution in [3.8, 4) is 0 Å². The van der Waals surface area contributed by atoms with Gasteiger partial charge in [-0.05, 0) is 38.0 Å². The molecular weight excluding hydrogens is 240 g/mol. The molecular formula is C15H22N2O2. The molecule has 0 aromatic heterocycles. The van der Waals surface area contributed by atoms with Crippen LogP contribution in [-0.4, -0.2) is 24.7 Å². The molecule has 104 valence electrons. The van der Waals surface area contributed by atoms with Crippen molar-refractivity contribution in [2.75, 3.05) is 17.2 Å². The van der Waals surface area contributed by atoms with Crippen molar-refractivity contribution in [1.82, 2.24) is 0 Å². The maximum atomic E-state index is 11.3. The van der Waals surface area contributed by atoms with E-state index in [1.165, 1.54) is 0 Å². The van der Waals surface area contributed by atoms with Gasteiger partial charge < -0.3 is 15.4 Å². The Labute approximate surface area is 114 Å². The molecule has 1 aromatic carbocycles. The van der Waals surface area contributed by atoms with Gasteiger partial charge in [-0.15, -0.1) is 0 Å². The second-order valence-corrected chi connectivity index (χ2v) is 5.01. The minimum Gasteiger partial charge on any atom is -0.382 e. The van der Waals surface area contributed by atoms with E-state index in [2.05, 4.69) is 17.6 Å². The van der Waals surface area contributed by atoms with Gasteiger partial charge >= 0.3 is 0 Å². The molecule has 1 aliphatic rings. The highest BCUT2D eigenvalue weighted by molar-refractivity contribution is 5.90. The van der Waals surface area contributed by atoms with Crippen molar-refractivity contribution in [3.05, 3.63) is 24.3 Å². The molecule has 19 heavy (non-hydrogen) atoms. The van der Waals surface area contributed by atoms with Crippen molar-refractivity contribution in [1.29, 1.82) is 0 Å². The third kappa shape index (κ3) is 4.24. The van der Waals surface area contributed by atoms with Crippen LogP contribution in [0.1, 0.15) is 33.1 Å². The zero-order valence-electron chi connectivity index (χ0n) is 11.6. The fourth-order valence-corrected chi connectivity index (χ4v) is 2.22. The normalized spacial score (nSPS) is 22.2. The van der Waals surface area contributed by atoms with E-state index in [1.54, 1.807) is 0 Å². The minimum atomic E-state index is 0.0325. The third-order valence-corrected chi connectivity index (χ3v) is 3.32. The lowest BCUT2D eigenvalue weighted by Crippen LogP contribution is -2.19. The number of anilines is 2. The lowest BCUT2D eigenvalue weighted by molar-refractivity contribution is -0.115. The largest absolute Gasteiger partial charge is 0.382 e. The first-order valence-electron chi connectivity index (χ1n) is 6.96. The molecule has 0 radical (unpaired) electrons. The summed E-state index contributed by atoms with van der Waals surface area (Å²) < 4.78 is 5.76. The first-order chi connectivity index (χ1) is 9.17. The molecule has 0 bridgehead atoms. The Bertz CT molecular complexity index is 434. The number of rotatable bonds is 5. The average molecular weight is 262 g/mol. The zero-order valence-corrected chi connectivity index (χ0v) is 11.6. The first kappa shape index (κ1) is 13.9. The van der Waals surface area contributed by atoms with E-state index < -0.39 is 0 Å². The standard InChI is InChI=1S/C15H22N2O2/c1-3-15(18)17-13-6-4-5-12(9-13)16-10-14-8-7-11(2)19-14/h4-6,9,11,14,16H,3,7-8,10H2,1-2H3,(H,17,18). The van der Waals surface area contributed by atoms with Gasteiger partial charge in [0, 0.05) is 24.3 Å². The van der Waals surface area contributed by atoms with Crippen LogP contribution >= 0.6 is 0 Å². The summed E-state index contributed by atoms with van der Waals surface area (Å²) in [6.07, 6.45) is 3.41. The van der Waals surface area contributed by atoms with Crippen LogP contribution < -0.4 is 10.6 Å². The maximum absolute atomic E-state index is 11.3. The van der Waals surface area contributed by atoms with Crippen molar-refractivity contribution in [2.45, 2.75) is 45.3 Å². The van der Waals surface area contributed by atoms with E-state index in [0.29, 0.717) is 18.6 Å². The number of hydrogen-bond donors (Lipinski definition) is 2. The molecule has 2 N–H and O–H groups in total. The highest BCUT2D eigenvalue weighted by Crippen LogP contribution is 2.20. The monoisotopic (exact) mass is 262 g/mol. The van der Waals surface area contributed by atoms with Crippen LogP contribution in [0.4, 0.5) is 11.4 Å². The minimum absolute atomic E-state index is 0.0325. The van der Waals surface area contributed by atoms with Gasteiger partial charge in [-0.2, -0.15) is 0 Å². The predicted octanol–water partition coefficient (Wildman–Crippen LogP) is 3.01. The van der Waals surface area contributed by atoms with Gasteiger partial charge in [-0.3, -0.25) is 4.79 Å². The number of amides is 1. The molecule has 0 saturated carbocycles. The van der Waals surface area contributed by atoms with Gasteiger partial charge in [0.25, 0.3) is 0 Å². The SMILES string of the molecule is CCC(=O)Nc1cccc(NCC2CCC(C)O2)c1. The van der Waals surface area contributed by atoms with Gasteiger partial charge in [0.2, 0.25) is 5.91 Å². The summed E-state index contributed by atoms with van der Waals surface area (Å²) in [4.78, 5) is 11.3. The fourth-order valence-electron chi connectivity index (χ4n) is 2.22. The third-order valence-electron chi connectivity index (χ3n) is 3.32. The summed E-state index contributed by atoms with van der Waals surface area (Å²) >= 11 is 0. The summed E-state index contributed by atoms with van der Waals surface area (Å²) in [7, 11) is 0. The topological polar surface area (TPSA) is 50.4 Å². The number of carbonyl (C=O) groups excluding carboxylic acids is 1. The van der Waals surface area contributed by atoms with E-state index in [1.807, 2.05) is 31.2 Å². The van der Waals surface area contributed by atoms with E-state index in [9.17, 15) is 4.79 Å². The van der Waals surface area contributed by atoms with Crippen molar-refractivity contribution in [3.63, 3.8) is 0 Å². The molecule has 0 aliphatic carbocycles. The summed E-state index contributed by atoms with van der Waals surface area (Å²) in [5.41, 5.74) is 1.84. The number of nitrogens with one attached hydrogen (secondary N) is 2. The van der Waals surface area contributed by atoms with Crippen LogP contribution in [0.15, 0.2) is 24.3 Å². The number of benzene rings is 1. The summed E-state index contributed by atoms with van der Waals surface area (Å²) in [5, 5.41) is 6.22. The molecule has 4 heteroatoms. The highest BCUT2D eigenvalue weighted by atomic mass is 16.5. The average Bonchev–Trinajstić information content (AvgIpc) is 2.82. The van der Waals surface area contributed by atoms with E-state index in [0.717, 1.165) is 30.8 Å². The molecule has 1 fully saturated rings. The summed E-state index contributed by atoms with van der Waals surface area (Å²) in [6, 6.07) is 7.78. The number of hydrogen-bond acceptors (Lipinski definition) is 3. The number of carbonyl (C=O) groups is 1. The Kier molecular flexibility index (Phi) is 4.80.